The van der Waals surface area contributed by atoms with Crippen molar-refractivity contribution in [1.29, 1.82) is 0 Å². The van der Waals surface area contributed by atoms with Crippen LogP contribution in [0.25, 0.3) is 11.1 Å². The molecule has 2 aromatic carbocycles. The van der Waals surface area contributed by atoms with Crippen molar-refractivity contribution in [2.24, 2.45) is 0 Å². The second kappa shape index (κ2) is 9.56. The minimum atomic E-state index is -1.04. The summed E-state index contributed by atoms with van der Waals surface area (Å²) < 4.78 is 5.44. The molecule has 0 saturated carbocycles. The SMILES string of the molecule is CN(C)CCCCC(NC(=O)OCC1c2ccccc2-c2ccccc21)C(=O)O. The molecular formula is C23H28N2O4. The fourth-order valence-corrected chi connectivity index (χ4v) is 3.82. The van der Waals surface area contributed by atoms with Crippen LogP contribution in [0.15, 0.2) is 48.5 Å². The molecule has 0 fully saturated rings. The Kier molecular flexibility index (Phi) is 6.88. The highest BCUT2D eigenvalue weighted by Gasteiger charge is 2.29. The van der Waals surface area contributed by atoms with Crippen LogP contribution in [0, 0.1) is 0 Å². The van der Waals surface area contributed by atoms with Crippen LogP contribution in [0.2, 0.25) is 0 Å². The van der Waals surface area contributed by atoms with E-state index in [-0.39, 0.29) is 12.5 Å². The first-order chi connectivity index (χ1) is 14.0. The van der Waals surface area contributed by atoms with E-state index in [4.69, 9.17) is 4.74 Å². The predicted molar refractivity (Wildman–Crippen MR) is 112 cm³/mol. The molecule has 2 N–H and O–H groups in total. The third-order valence-electron chi connectivity index (χ3n) is 5.28. The number of hydrogen-bond donors (Lipinski definition) is 2. The molecule has 154 valence electrons. The third kappa shape index (κ3) is 5.15. The average Bonchev–Trinajstić information content (AvgIpc) is 3.02. The summed E-state index contributed by atoms with van der Waals surface area (Å²) in [7, 11) is 3.95. The highest BCUT2D eigenvalue weighted by Crippen LogP contribution is 2.44. The van der Waals surface area contributed by atoms with Crippen molar-refractivity contribution in [3.8, 4) is 11.1 Å². The van der Waals surface area contributed by atoms with Crippen LogP contribution in [-0.4, -0.2) is 55.4 Å². The molecule has 3 rings (SSSR count). The van der Waals surface area contributed by atoms with Gasteiger partial charge in [0.1, 0.15) is 12.6 Å². The summed E-state index contributed by atoms with van der Waals surface area (Å²) >= 11 is 0. The maximum atomic E-state index is 12.3. The fraction of sp³-hybridized carbons (Fsp3) is 0.391. The zero-order valence-electron chi connectivity index (χ0n) is 16.9. The predicted octanol–water partition coefficient (Wildman–Crippen LogP) is 3.71. The van der Waals surface area contributed by atoms with Crippen LogP contribution in [0.1, 0.15) is 36.3 Å². The highest BCUT2D eigenvalue weighted by atomic mass is 16.5. The van der Waals surface area contributed by atoms with Crippen LogP contribution in [-0.2, 0) is 9.53 Å². The van der Waals surface area contributed by atoms with E-state index in [1.54, 1.807) is 0 Å². The number of aliphatic carboxylic acids is 1. The first kappa shape index (κ1) is 20.9. The Morgan fingerprint density at radius 2 is 1.62 bits per heavy atom. The van der Waals surface area contributed by atoms with Gasteiger partial charge in [0.05, 0.1) is 0 Å². The molecule has 1 amide bonds. The van der Waals surface area contributed by atoms with Crippen LogP contribution >= 0.6 is 0 Å². The van der Waals surface area contributed by atoms with E-state index < -0.39 is 18.1 Å². The van der Waals surface area contributed by atoms with Crippen molar-refractivity contribution in [2.75, 3.05) is 27.2 Å². The number of hydrogen-bond acceptors (Lipinski definition) is 4. The Hall–Kier alpha value is -2.86. The molecule has 6 heteroatoms. The van der Waals surface area contributed by atoms with Gasteiger partial charge in [0.15, 0.2) is 0 Å². The van der Waals surface area contributed by atoms with Gasteiger partial charge in [0.2, 0.25) is 0 Å². The summed E-state index contributed by atoms with van der Waals surface area (Å²) in [6.07, 6.45) is 1.29. The second-order valence-electron chi connectivity index (χ2n) is 7.66. The monoisotopic (exact) mass is 396 g/mol. The molecule has 1 unspecified atom stereocenters. The molecule has 29 heavy (non-hydrogen) atoms. The number of amides is 1. The van der Waals surface area contributed by atoms with Crippen molar-refractivity contribution in [2.45, 2.75) is 31.2 Å². The number of carboxylic acid groups (broad SMARTS) is 1. The van der Waals surface area contributed by atoms with E-state index in [0.29, 0.717) is 6.42 Å². The normalized spacial score (nSPS) is 13.6. The molecule has 0 aliphatic heterocycles. The van der Waals surface area contributed by atoms with Gasteiger partial charge in [-0.1, -0.05) is 48.5 Å². The van der Waals surface area contributed by atoms with Gasteiger partial charge < -0.3 is 20.1 Å². The lowest BCUT2D eigenvalue weighted by Gasteiger charge is -2.18. The van der Waals surface area contributed by atoms with E-state index in [1.165, 1.54) is 0 Å². The van der Waals surface area contributed by atoms with Gasteiger partial charge in [-0.15, -0.1) is 0 Å². The summed E-state index contributed by atoms with van der Waals surface area (Å²) in [4.78, 5) is 25.8. The maximum absolute atomic E-state index is 12.3. The van der Waals surface area contributed by atoms with E-state index in [2.05, 4.69) is 22.3 Å². The minimum Gasteiger partial charge on any atom is -0.480 e. The van der Waals surface area contributed by atoms with Gasteiger partial charge in [-0.05, 0) is 62.2 Å². The van der Waals surface area contributed by atoms with Crippen molar-refractivity contribution in [1.82, 2.24) is 10.2 Å². The molecule has 2 aromatic rings. The molecule has 0 saturated heterocycles. The number of alkyl carbamates (subject to hydrolysis) is 1. The molecule has 1 atom stereocenters. The lowest BCUT2D eigenvalue weighted by molar-refractivity contribution is -0.139. The highest BCUT2D eigenvalue weighted by molar-refractivity contribution is 5.81. The molecule has 0 radical (unpaired) electrons. The molecule has 1 aliphatic rings. The number of fused-ring (bicyclic) bond motifs is 3. The zero-order chi connectivity index (χ0) is 20.8. The number of nitrogens with zero attached hydrogens (tertiary/aromatic N) is 1. The molecule has 1 aliphatic carbocycles. The summed E-state index contributed by atoms with van der Waals surface area (Å²) in [5.41, 5.74) is 4.56. The van der Waals surface area contributed by atoms with Crippen LogP contribution in [0.3, 0.4) is 0 Å². The third-order valence-corrected chi connectivity index (χ3v) is 5.28. The fourth-order valence-electron chi connectivity index (χ4n) is 3.82. The standard InChI is InChI=1S/C23H28N2O4/c1-25(2)14-8-7-13-21(22(26)27)24-23(28)29-15-20-18-11-5-3-9-16(18)17-10-4-6-12-19(17)20/h3-6,9-12,20-21H,7-8,13-15H2,1-2H3,(H,24,28)(H,26,27). The average molecular weight is 396 g/mol. The molecule has 0 heterocycles. The summed E-state index contributed by atoms with van der Waals surface area (Å²) in [6.45, 7) is 1.06. The van der Waals surface area contributed by atoms with Crippen LogP contribution in [0.4, 0.5) is 4.79 Å². The number of benzene rings is 2. The summed E-state index contributed by atoms with van der Waals surface area (Å²) in [6, 6.07) is 15.3. The Balaban J connectivity index is 1.58. The van der Waals surface area contributed by atoms with Gasteiger partial charge >= 0.3 is 12.1 Å². The molecule has 0 aromatic heterocycles. The first-order valence-corrected chi connectivity index (χ1v) is 9.96. The number of carboxylic acids is 1. The summed E-state index contributed by atoms with van der Waals surface area (Å²) in [5.74, 6) is -1.08. The number of ether oxygens (including phenoxy) is 1. The molecule has 0 bridgehead atoms. The van der Waals surface area contributed by atoms with E-state index >= 15 is 0 Å². The van der Waals surface area contributed by atoms with Crippen molar-refractivity contribution in [3.05, 3.63) is 59.7 Å². The number of carbonyl (C=O) groups excluding carboxylic acids is 1. The second-order valence-corrected chi connectivity index (χ2v) is 7.66. The van der Waals surface area contributed by atoms with Crippen molar-refractivity contribution >= 4 is 12.1 Å². The summed E-state index contributed by atoms with van der Waals surface area (Å²) in [5, 5.41) is 11.9. The Morgan fingerprint density at radius 3 is 2.17 bits per heavy atom. The van der Waals surface area contributed by atoms with Gasteiger partial charge in [-0.3, -0.25) is 0 Å². The quantitative estimate of drug-likeness (QED) is 0.632. The molecule has 0 spiro atoms. The lowest BCUT2D eigenvalue weighted by atomic mass is 9.98. The first-order valence-electron chi connectivity index (χ1n) is 9.96. The number of rotatable bonds is 9. The minimum absolute atomic E-state index is 0.0449. The van der Waals surface area contributed by atoms with Crippen molar-refractivity contribution in [3.63, 3.8) is 0 Å². The number of carbonyl (C=O) groups is 2. The largest absolute Gasteiger partial charge is 0.480 e. The zero-order valence-corrected chi connectivity index (χ0v) is 16.9. The topological polar surface area (TPSA) is 78.9 Å². The van der Waals surface area contributed by atoms with Crippen LogP contribution in [0.5, 0.6) is 0 Å². The van der Waals surface area contributed by atoms with Crippen LogP contribution < -0.4 is 5.32 Å². The van der Waals surface area contributed by atoms with Gasteiger partial charge in [-0.2, -0.15) is 0 Å². The van der Waals surface area contributed by atoms with E-state index in [0.717, 1.165) is 41.6 Å². The van der Waals surface area contributed by atoms with Crippen molar-refractivity contribution < 1.29 is 19.4 Å². The molecule has 6 nitrogen and oxygen atoms in total. The van der Waals surface area contributed by atoms with Gasteiger partial charge in [0.25, 0.3) is 0 Å². The Labute approximate surface area is 171 Å². The maximum Gasteiger partial charge on any atom is 0.407 e. The number of unbranched alkanes of at least 4 members (excludes halogenated alkanes) is 1. The van der Waals surface area contributed by atoms with Gasteiger partial charge in [-0.25, -0.2) is 9.59 Å². The lowest BCUT2D eigenvalue weighted by Crippen LogP contribution is -2.41. The number of nitrogens with one attached hydrogen (secondary N) is 1. The van der Waals surface area contributed by atoms with E-state index in [1.807, 2.05) is 50.5 Å². The smallest absolute Gasteiger partial charge is 0.407 e. The molecular weight excluding hydrogens is 368 g/mol. The van der Waals surface area contributed by atoms with E-state index in [9.17, 15) is 14.7 Å². The Bertz CT molecular complexity index is 820. The Morgan fingerprint density at radius 1 is 1.03 bits per heavy atom. The van der Waals surface area contributed by atoms with Gasteiger partial charge in [0, 0.05) is 5.92 Å².